The largest absolute Gasteiger partial charge is 0.507 e. The van der Waals surface area contributed by atoms with Crippen molar-refractivity contribution in [1.29, 1.82) is 0 Å². The van der Waals surface area contributed by atoms with Crippen molar-refractivity contribution in [2.45, 2.75) is 33.1 Å². The summed E-state index contributed by atoms with van der Waals surface area (Å²) in [4.78, 5) is 48.8. The number of phenols is 2. The SMILES string of the molecule is CC(=O)c1c(O)c(C)c(O)c2c1OC1=CC(=O)/C(=C(/C)NCC(=O)O)C(=O)[C@@]12C. The number of rotatable bonds is 4. The van der Waals surface area contributed by atoms with Crippen LogP contribution in [0.1, 0.15) is 42.3 Å². The van der Waals surface area contributed by atoms with E-state index in [-0.39, 0.29) is 39.5 Å². The van der Waals surface area contributed by atoms with Gasteiger partial charge in [-0.3, -0.25) is 19.2 Å². The van der Waals surface area contributed by atoms with Gasteiger partial charge in [-0.05, 0) is 27.7 Å². The number of ether oxygens (including phenoxy) is 1. The maximum atomic E-state index is 13.4. The van der Waals surface area contributed by atoms with E-state index in [0.29, 0.717) is 0 Å². The number of hydrogen-bond donors (Lipinski definition) is 4. The van der Waals surface area contributed by atoms with Gasteiger partial charge in [0, 0.05) is 17.3 Å². The molecule has 4 N–H and O–H groups in total. The van der Waals surface area contributed by atoms with Crippen LogP contribution in [0.4, 0.5) is 0 Å². The number of ketones is 3. The predicted octanol–water partition coefficient (Wildman–Crippen LogP) is 1.24. The first-order valence-corrected chi connectivity index (χ1v) is 8.68. The Morgan fingerprint density at radius 3 is 2.34 bits per heavy atom. The normalized spacial score (nSPS) is 21.7. The van der Waals surface area contributed by atoms with E-state index in [4.69, 9.17) is 9.84 Å². The highest BCUT2D eigenvalue weighted by atomic mass is 16.5. The van der Waals surface area contributed by atoms with Gasteiger partial charge >= 0.3 is 5.97 Å². The van der Waals surface area contributed by atoms with Crippen LogP contribution in [0.25, 0.3) is 0 Å². The number of Topliss-reactive ketones (excluding diaryl/α,β-unsaturated/α-hetero) is 2. The molecule has 0 radical (unpaired) electrons. The van der Waals surface area contributed by atoms with Gasteiger partial charge in [0.05, 0.1) is 11.1 Å². The number of nitrogens with one attached hydrogen (secondary N) is 1. The number of aromatic hydroxyl groups is 2. The van der Waals surface area contributed by atoms with Crippen LogP contribution in [0.3, 0.4) is 0 Å². The number of carbonyl (C=O) groups is 4. The molecule has 0 saturated heterocycles. The molecule has 0 saturated carbocycles. The van der Waals surface area contributed by atoms with E-state index in [1.165, 1.54) is 27.7 Å². The summed E-state index contributed by atoms with van der Waals surface area (Å²) in [5, 5.41) is 32.3. The molecule has 0 amide bonds. The molecule has 2 aliphatic rings. The number of allylic oxidation sites excluding steroid dienone is 4. The Morgan fingerprint density at radius 2 is 1.79 bits per heavy atom. The fourth-order valence-corrected chi connectivity index (χ4v) is 3.66. The average Bonchev–Trinajstić information content (AvgIpc) is 2.91. The maximum Gasteiger partial charge on any atom is 0.322 e. The third-order valence-corrected chi connectivity index (χ3v) is 5.26. The van der Waals surface area contributed by atoms with Crippen molar-refractivity contribution >= 4 is 23.3 Å². The molecule has 29 heavy (non-hydrogen) atoms. The van der Waals surface area contributed by atoms with Crippen LogP contribution in [0.5, 0.6) is 17.2 Å². The van der Waals surface area contributed by atoms with Gasteiger partial charge in [-0.25, -0.2) is 0 Å². The van der Waals surface area contributed by atoms with Gasteiger partial charge in [0.2, 0.25) is 0 Å². The second-order valence-electron chi connectivity index (χ2n) is 7.13. The molecule has 0 bridgehead atoms. The fraction of sp³-hybridized carbons (Fsp3) is 0.300. The highest BCUT2D eigenvalue weighted by Gasteiger charge is 2.56. The minimum Gasteiger partial charge on any atom is -0.507 e. The van der Waals surface area contributed by atoms with Gasteiger partial charge in [0.25, 0.3) is 0 Å². The van der Waals surface area contributed by atoms with Crippen molar-refractivity contribution in [3.05, 3.63) is 39.8 Å². The molecule has 1 aliphatic heterocycles. The van der Waals surface area contributed by atoms with Gasteiger partial charge < -0.3 is 25.4 Å². The quantitative estimate of drug-likeness (QED) is 0.332. The highest BCUT2D eigenvalue weighted by Crippen LogP contribution is 2.57. The lowest BCUT2D eigenvalue weighted by atomic mass is 9.70. The molecule has 9 nitrogen and oxygen atoms in total. The summed E-state index contributed by atoms with van der Waals surface area (Å²) in [7, 11) is 0. The van der Waals surface area contributed by atoms with E-state index in [2.05, 4.69) is 5.32 Å². The van der Waals surface area contributed by atoms with E-state index in [0.717, 1.165) is 6.08 Å². The number of fused-ring (bicyclic) bond motifs is 3. The molecular weight excluding hydrogens is 382 g/mol. The van der Waals surface area contributed by atoms with Gasteiger partial charge in [0.1, 0.15) is 40.5 Å². The molecule has 0 fully saturated rings. The lowest BCUT2D eigenvalue weighted by molar-refractivity contribution is -0.136. The van der Waals surface area contributed by atoms with Gasteiger partial charge in [-0.15, -0.1) is 0 Å². The van der Waals surface area contributed by atoms with Crippen molar-refractivity contribution < 1.29 is 39.2 Å². The molecule has 0 spiro atoms. The highest BCUT2D eigenvalue weighted by molar-refractivity contribution is 6.31. The van der Waals surface area contributed by atoms with E-state index >= 15 is 0 Å². The van der Waals surface area contributed by atoms with Crippen molar-refractivity contribution in [2.24, 2.45) is 0 Å². The first kappa shape index (κ1) is 20.1. The summed E-state index contributed by atoms with van der Waals surface area (Å²) in [5.74, 6) is -4.28. The Labute approximate surface area is 165 Å². The van der Waals surface area contributed by atoms with E-state index in [1.807, 2.05) is 0 Å². The zero-order valence-electron chi connectivity index (χ0n) is 16.2. The molecule has 0 unspecified atom stereocenters. The second-order valence-corrected chi connectivity index (χ2v) is 7.13. The number of aliphatic carboxylic acids is 1. The Kier molecular flexibility index (Phi) is 4.49. The molecule has 152 valence electrons. The van der Waals surface area contributed by atoms with Crippen LogP contribution in [0.15, 0.2) is 23.1 Å². The maximum absolute atomic E-state index is 13.4. The molecular formula is C20H19NO8. The van der Waals surface area contributed by atoms with Crippen LogP contribution in [-0.4, -0.2) is 45.2 Å². The fourth-order valence-electron chi connectivity index (χ4n) is 3.66. The van der Waals surface area contributed by atoms with Crippen molar-refractivity contribution in [1.82, 2.24) is 5.32 Å². The first-order valence-electron chi connectivity index (χ1n) is 8.68. The van der Waals surface area contributed by atoms with Crippen molar-refractivity contribution in [2.75, 3.05) is 6.54 Å². The van der Waals surface area contributed by atoms with Crippen LogP contribution in [0.2, 0.25) is 0 Å². The van der Waals surface area contributed by atoms with E-state index in [1.54, 1.807) is 0 Å². The summed E-state index contributed by atoms with van der Waals surface area (Å²) in [5.41, 5.74) is -2.06. The summed E-state index contributed by atoms with van der Waals surface area (Å²) in [6, 6.07) is 0. The molecule has 0 aromatic heterocycles. The topological polar surface area (TPSA) is 150 Å². The number of carboxylic acids is 1. The van der Waals surface area contributed by atoms with Gasteiger partial charge in [-0.1, -0.05) is 0 Å². The van der Waals surface area contributed by atoms with Crippen LogP contribution in [0, 0.1) is 6.92 Å². The van der Waals surface area contributed by atoms with E-state index < -0.39 is 46.8 Å². The Morgan fingerprint density at radius 1 is 1.17 bits per heavy atom. The third kappa shape index (κ3) is 2.69. The summed E-state index contributed by atoms with van der Waals surface area (Å²) in [6.07, 6.45) is 1.07. The standard InChI is InChI=1S/C20H19NO8/c1-7-16(26)14(9(3)22)18-15(17(7)27)20(4)11(29-18)5-10(23)13(19(20)28)8(2)21-6-12(24)25/h5,21,26-27H,6H2,1-4H3,(H,24,25)/b13-8+/t20-/m0/s1. The number of benzene rings is 1. The van der Waals surface area contributed by atoms with Crippen LogP contribution < -0.4 is 10.1 Å². The van der Waals surface area contributed by atoms with Crippen molar-refractivity contribution in [3.8, 4) is 17.2 Å². The molecule has 3 rings (SSSR count). The number of carbonyl (C=O) groups excluding carboxylic acids is 3. The minimum absolute atomic E-state index is 0.00372. The predicted molar refractivity (Wildman–Crippen MR) is 98.9 cm³/mol. The van der Waals surface area contributed by atoms with Crippen LogP contribution >= 0.6 is 0 Å². The van der Waals surface area contributed by atoms with Gasteiger partial charge in [0.15, 0.2) is 17.3 Å². The van der Waals surface area contributed by atoms with Crippen molar-refractivity contribution in [3.63, 3.8) is 0 Å². The van der Waals surface area contributed by atoms with Gasteiger partial charge in [-0.2, -0.15) is 0 Å². The third-order valence-electron chi connectivity index (χ3n) is 5.26. The molecule has 1 heterocycles. The summed E-state index contributed by atoms with van der Waals surface area (Å²) in [6.45, 7) is 4.92. The monoisotopic (exact) mass is 401 g/mol. The number of carboxylic acid groups (broad SMARTS) is 1. The molecule has 1 aromatic carbocycles. The molecule has 1 atom stereocenters. The minimum atomic E-state index is -1.63. The second kappa shape index (κ2) is 6.47. The molecule has 9 heteroatoms. The Bertz CT molecular complexity index is 1080. The zero-order valence-corrected chi connectivity index (χ0v) is 16.2. The number of hydrogen-bond acceptors (Lipinski definition) is 8. The number of phenolic OH excluding ortho intramolecular Hbond substituents is 2. The first-order chi connectivity index (χ1) is 13.4. The Balaban J connectivity index is 2.29. The summed E-state index contributed by atoms with van der Waals surface area (Å²) < 4.78 is 5.63. The average molecular weight is 401 g/mol. The lowest BCUT2D eigenvalue weighted by Crippen LogP contribution is -2.41. The summed E-state index contributed by atoms with van der Waals surface area (Å²) >= 11 is 0. The zero-order chi connectivity index (χ0) is 21.8. The molecule has 1 aliphatic carbocycles. The molecule has 1 aromatic rings. The van der Waals surface area contributed by atoms with Crippen LogP contribution in [-0.2, 0) is 19.8 Å². The lowest BCUT2D eigenvalue weighted by Gasteiger charge is -2.29. The Hall–Kier alpha value is -3.62. The van der Waals surface area contributed by atoms with E-state index in [9.17, 15) is 29.4 Å². The smallest absolute Gasteiger partial charge is 0.322 e.